The van der Waals surface area contributed by atoms with Gasteiger partial charge in [0.1, 0.15) is 6.04 Å². The fourth-order valence-corrected chi connectivity index (χ4v) is 0.758. The largest absolute Gasteiger partial charge is 0.480 e. The Hall–Kier alpha value is -1.53. The number of amides is 1. The number of carbonyl (C=O) groups is 3. The van der Waals surface area contributed by atoms with Crippen LogP contribution in [0.15, 0.2) is 0 Å². The first-order valence-corrected chi connectivity index (χ1v) is 3.91. The van der Waals surface area contributed by atoms with E-state index in [9.17, 15) is 14.4 Å². The van der Waals surface area contributed by atoms with Crippen LogP contribution in [-0.2, 0) is 14.3 Å². The molecule has 0 heterocycles. The lowest BCUT2D eigenvalue weighted by atomic mass is 10.1. The molecule has 14 heavy (non-hydrogen) atoms. The predicted molar refractivity (Wildman–Crippen MR) is 47.0 cm³/mol. The summed E-state index contributed by atoms with van der Waals surface area (Å²) in [6, 6.07) is -1.34. The van der Waals surface area contributed by atoms with Gasteiger partial charge in [0.2, 0.25) is 7.85 Å². The highest BCUT2D eigenvalue weighted by atomic mass is 16.5. The van der Waals surface area contributed by atoms with Gasteiger partial charge in [-0.1, -0.05) is 0 Å². The number of hydrogen-bond donors (Lipinski definition) is 2. The third-order valence-corrected chi connectivity index (χ3v) is 1.29. The maximum absolute atomic E-state index is 10.9. The predicted octanol–water partition coefficient (Wildman–Crippen LogP) is -0.729. The molecule has 0 saturated carbocycles. The van der Waals surface area contributed by atoms with Gasteiger partial charge in [-0.05, 0) is 6.92 Å². The maximum atomic E-state index is 10.9. The smallest absolute Gasteiger partial charge is 0.326 e. The number of carboxylic acids is 1. The number of rotatable bonds is 5. The Morgan fingerprint density at radius 2 is 2.07 bits per heavy atom. The second-order valence-electron chi connectivity index (χ2n) is 2.41. The van der Waals surface area contributed by atoms with Crippen molar-refractivity contribution in [2.45, 2.75) is 19.4 Å². The molecule has 1 unspecified atom stereocenters. The highest BCUT2D eigenvalue weighted by molar-refractivity contribution is 6.57. The summed E-state index contributed by atoms with van der Waals surface area (Å²) in [6.07, 6.45) is -0.438. The monoisotopic (exact) mass is 199 g/mol. The van der Waals surface area contributed by atoms with Crippen molar-refractivity contribution in [3.8, 4) is 0 Å². The van der Waals surface area contributed by atoms with Crippen LogP contribution < -0.4 is 5.32 Å². The summed E-state index contributed by atoms with van der Waals surface area (Å²) >= 11 is 0. The van der Waals surface area contributed by atoms with Gasteiger partial charge in [-0.3, -0.25) is 9.59 Å². The van der Waals surface area contributed by atoms with Gasteiger partial charge in [-0.2, -0.15) is 0 Å². The lowest BCUT2D eigenvalue weighted by molar-refractivity contribution is -0.148. The SMILES string of the molecule is [B]C(=O)NC(CC(=O)OCC)C(=O)O. The molecule has 0 aromatic heterocycles. The molecule has 2 radical (unpaired) electrons. The Labute approximate surface area is 82.0 Å². The third kappa shape index (κ3) is 5.18. The standard InChI is InChI=1S/C7H10BNO5/c1-2-14-5(10)3-4(6(11)12)9-7(8)13/h4H,2-3H2,1H3,(H,9,13)(H,11,12). The summed E-state index contributed by atoms with van der Waals surface area (Å²) < 4.78 is 4.51. The number of hydrogen-bond acceptors (Lipinski definition) is 4. The molecular formula is C7H10BNO5. The molecule has 0 saturated heterocycles. The number of nitrogens with one attached hydrogen (secondary N) is 1. The minimum absolute atomic E-state index is 0.155. The van der Waals surface area contributed by atoms with E-state index in [-0.39, 0.29) is 6.61 Å². The Balaban J connectivity index is 4.16. The molecule has 0 bridgehead atoms. The summed E-state index contributed by atoms with van der Waals surface area (Å²) in [5, 5.41) is 10.5. The average molecular weight is 199 g/mol. The Kier molecular flexibility index (Phi) is 5.35. The Morgan fingerprint density at radius 1 is 1.50 bits per heavy atom. The van der Waals surface area contributed by atoms with Crippen LogP contribution in [-0.4, -0.2) is 43.3 Å². The minimum Gasteiger partial charge on any atom is -0.480 e. The minimum atomic E-state index is -1.34. The number of ether oxygens (including phenoxy) is 1. The highest BCUT2D eigenvalue weighted by Crippen LogP contribution is 1.95. The summed E-state index contributed by atoms with van der Waals surface area (Å²) in [4.78, 5) is 31.7. The van der Waals surface area contributed by atoms with Crippen LogP contribution in [0.5, 0.6) is 0 Å². The van der Waals surface area contributed by atoms with Gasteiger partial charge in [0.05, 0.1) is 13.0 Å². The molecule has 6 nitrogen and oxygen atoms in total. The number of aliphatic carboxylic acids is 1. The molecule has 0 aliphatic heterocycles. The second kappa shape index (κ2) is 6.01. The van der Waals surface area contributed by atoms with E-state index in [1.165, 1.54) is 0 Å². The highest BCUT2D eigenvalue weighted by Gasteiger charge is 2.22. The van der Waals surface area contributed by atoms with E-state index in [0.717, 1.165) is 0 Å². The average Bonchev–Trinajstić information content (AvgIpc) is 2.02. The topological polar surface area (TPSA) is 92.7 Å². The molecule has 0 fully saturated rings. The molecule has 7 heteroatoms. The first kappa shape index (κ1) is 12.5. The third-order valence-electron chi connectivity index (χ3n) is 1.29. The van der Waals surface area contributed by atoms with Crippen molar-refractivity contribution in [3.63, 3.8) is 0 Å². The van der Waals surface area contributed by atoms with Gasteiger partial charge in [-0.15, -0.1) is 0 Å². The van der Waals surface area contributed by atoms with Crippen LogP contribution in [0, 0.1) is 0 Å². The van der Waals surface area contributed by atoms with Crippen molar-refractivity contribution in [3.05, 3.63) is 0 Å². The second-order valence-corrected chi connectivity index (χ2v) is 2.41. The molecule has 0 aromatic carbocycles. The van der Waals surface area contributed by atoms with Gasteiger partial charge >= 0.3 is 11.9 Å². The number of esters is 1. The molecule has 76 valence electrons. The maximum Gasteiger partial charge on any atom is 0.326 e. The molecule has 2 N–H and O–H groups in total. The van der Waals surface area contributed by atoms with Crippen LogP contribution in [0.2, 0.25) is 0 Å². The van der Waals surface area contributed by atoms with E-state index in [2.05, 4.69) is 4.74 Å². The normalized spacial score (nSPS) is 11.5. The summed E-state index contributed by atoms with van der Waals surface area (Å²) in [7, 11) is 4.72. The van der Waals surface area contributed by atoms with E-state index >= 15 is 0 Å². The molecular weight excluding hydrogens is 189 g/mol. The molecule has 0 rings (SSSR count). The van der Waals surface area contributed by atoms with E-state index in [1.807, 2.05) is 5.32 Å². The molecule has 1 amide bonds. The molecule has 0 aliphatic rings. The quantitative estimate of drug-likeness (QED) is 0.449. The van der Waals surface area contributed by atoms with Crippen LogP contribution in [0.25, 0.3) is 0 Å². The van der Waals surface area contributed by atoms with Crippen molar-refractivity contribution in [1.29, 1.82) is 0 Å². The van der Waals surface area contributed by atoms with Crippen molar-refractivity contribution in [1.82, 2.24) is 5.32 Å². The fourth-order valence-electron chi connectivity index (χ4n) is 0.758. The number of carbonyl (C=O) groups excluding carboxylic acids is 2. The Bertz CT molecular complexity index is 242. The first-order chi connectivity index (χ1) is 6.47. The zero-order valence-electron chi connectivity index (χ0n) is 7.65. The van der Waals surface area contributed by atoms with E-state index in [0.29, 0.717) is 0 Å². The van der Waals surface area contributed by atoms with E-state index in [1.54, 1.807) is 6.92 Å². The molecule has 0 spiro atoms. The molecule has 0 aliphatic carbocycles. The van der Waals surface area contributed by atoms with E-state index < -0.39 is 30.2 Å². The van der Waals surface area contributed by atoms with Gasteiger partial charge in [0.25, 0.3) is 0 Å². The number of carboxylic acid groups (broad SMARTS) is 1. The van der Waals surface area contributed by atoms with Crippen molar-refractivity contribution < 1.29 is 24.2 Å². The van der Waals surface area contributed by atoms with Crippen molar-refractivity contribution >= 4 is 25.6 Å². The lowest BCUT2D eigenvalue weighted by Crippen LogP contribution is -2.42. The van der Waals surface area contributed by atoms with Crippen molar-refractivity contribution in [2.24, 2.45) is 0 Å². The first-order valence-electron chi connectivity index (χ1n) is 3.91. The molecule has 1 atom stereocenters. The van der Waals surface area contributed by atoms with Crippen LogP contribution in [0.1, 0.15) is 13.3 Å². The zero-order chi connectivity index (χ0) is 11.1. The summed E-state index contributed by atoms with van der Waals surface area (Å²) in [5.41, 5.74) is 0. The van der Waals surface area contributed by atoms with Gasteiger partial charge < -0.3 is 15.2 Å². The van der Waals surface area contributed by atoms with Gasteiger partial charge in [0.15, 0.2) is 5.81 Å². The van der Waals surface area contributed by atoms with Crippen molar-refractivity contribution in [2.75, 3.05) is 6.61 Å². The van der Waals surface area contributed by atoms with Crippen LogP contribution in [0.4, 0.5) is 4.79 Å². The van der Waals surface area contributed by atoms with Gasteiger partial charge in [0, 0.05) is 0 Å². The summed E-state index contributed by atoms with van der Waals surface area (Å²) in [6.45, 7) is 1.75. The Morgan fingerprint density at radius 3 is 2.43 bits per heavy atom. The lowest BCUT2D eigenvalue weighted by Gasteiger charge is -2.12. The fraction of sp³-hybridized carbons (Fsp3) is 0.571. The van der Waals surface area contributed by atoms with Crippen LogP contribution >= 0.6 is 0 Å². The summed E-state index contributed by atoms with van der Waals surface area (Å²) in [5.74, 6) is -3.03. The van der Waals surface area contributed by atoms with Crippen LogP contribution in [0.3, 0.4) is 0 Å². The molecule has 0 aromatic rings. The van der Waals surface area contributed by atoms with E-state index in [4.69, 9.17) is 13.0 Å². The van der Waals surface area contributed by atoms with Gasteiger partial charge in [-0.25, -0.2) is 4.79 Å². The zero-order valence-corrected chi connectivity index (χ0v) is 7.65.